The minimum atomic E-state index is -0.676. The van der Waals surface area contributed by atoms with Crippen molar-refractivity contribution < 1.29 is 14.0 Å². The number of nitrogens with one attached hydrogen (secondary N) is 1. The van der Waals surface area contributed by atoms with Crippen LogP contribution in [-0.4, -0.2) is 28.8 Å². The minimum absolute atomic E-state index is 0.00112. The van der Waals surface area contributed by atoms with E-state index in [1.807, 2.05) is 75.4 Å². The number of nitrogens with zero attached hydrogens (tertiary/aromatic N) is 1. The largest absolute Gasteiger partial charge is 0.352 e. The van der Waals surface area contributed by atoms with Crippen molar-refractivity contribution in [3.8, 4) is 0 Å². The van der Waals surface area contributed by atoms with Gasteiger partial charge in [-0.2, -0.15) is 0 Å². The molecule has 2 amide bonds. The number of amides is 2. The minimum Gasteiger partial charge on any atom is -0.352 e. The van der Waals surface area contributed by atoms with E-state index < -0.39 is 6.04 Å². The molecule has 34 heavy (non-hydrogen) atoms. The number of carbonyl (C=O) groups is 2. The first-order valence-corrected chi connectivity index (χ1v) is 11.8. The molecular weight excluding hydrogens is 427 g/mol. The monoisotopic (exact) mass is 460 g/mol. The maximum atomic E-state index is 13.6. The van der Waals surface area contributed by atoms with E-state index in [0.717, 1.165) is 23.1 Å². The molecule has 3 aromatic carbocycles. The number of hydrogen-bond acceptors (Lipinski definition) is 2. The van der Waals surface area contributed by atoms with Gasteiger partial charge >= 0.3 is 0 Å². The van der Waals surface area contributed by atoms with Gasteiger partial charge in [0.15, 0.2) is 0 Å². The number of halogens is 1. The highest BCUT2D eigenvalue weighted by Gasteiger charge is 2.31. The third-order valence-corrected chi connectivity index (χ3v) is 5.98. The Morgan fingerprint density at radius 3 is 2.24 bits per heavy atom. The van der Waals surface area contributed by atoms with Gasteiger partial charge in [0.2, 0.25) is 11.8 Å². The Labute approximate surface area is 201 Å². The molecule has 4 nitrogen and oxygen atoms in total. The average molecular weight is 461 g/mol. The van der Waals surface area contributed by atoms with Crippen molar-refractivity contribution in [3.63, 3.8) is 0 Å². The SMILES string of the molecule is CC[C@@H](C)NC(=O)[C@H](Cc1ccccc1)N(Cc1cccc(C)c1)C(=O)Cc1ccc(F)cc1. The summed E-state index contributed by atoms with van der Waals surface area (Å²) in [6, 6.07) is 23.0. The summed E-state index contributed by atoms with van der Waals surface area (Å²) >= 11 is 0. The van der Waals surface area contributed by atoms with Crippen LogP contribution >= 0.6 is 0 Å². The molecule has 0 saturated carbocycles. The van der Waals surface area contributed by atoms with Crippen LogP contribution in [0.25, 0.3) is 0 Å². The van der Waals surface area contributed by atoms with Crippen LogP contribution in [0, 0.1) is 12.7 Å². The quantitative estimate of drug-likeness (QED) is 0.450. The number of hydrogen-bond donors (Lipinski definition) is 1. The van der Waals surface area contributed by atoms with Gasteiger partial charge in [0.1, 0.15) is 11.9 Å². The maximum absolute atomic E-state index is 13.6. The predicted molar refractivity (Wildman–Crippen MR) is 134 cm³/mol. The van der Waals surface area contributed by atoms with Crippen LogP contribution in [0.2, 0.25) is 0 Å². The van der Waals surface area contributed by atoms with E-state index in [1.165, 1.54) is 12.1 Å². The van der Waals surface area contributed by atoms with Gasteiger partial charge in [0.05, 0.1) is 6.42 Å². The zero-order valence-corrected chi connectivity index (χ0v) is 20.1. The molecule has 0 aromatic heterocycles. The fraction of sp³-hybridized carbons (Fsp3) is 0.310. The Kier molecular flexibility index (Phi) is 8.97. The molecular formula is C29H33FN2O2. The molecule has 0 aliphatic heterocycles. The molecule has 0 unspecified atom stereocenters. The highest BCUT2D eigenvalue weighted by atomic mass is 19.1. The molecule has 1 N–H and O–H groups in total. The number of aryl methyl sites for hydroxylation is 1. The molecule has 0 saturated heterocycles. The highest BCUT2D eigenvalue weighted by molar-refractivity contribution is 5.89. The van der Waals surface area contributed by atoms with Gasteiger partial charge in [-0.1, -0.05) is 79.2 Å². The second-order valence-corrected chi connectivity index (χ2v) is 8.84. The van der Waals surface area contributed by atoms with Crippen molar-refractivity contribution in [2.45, 2.75) is 58.7 Å². The molecule has 3 rings (SSSR count). The van der Waals surface area contributed by atoms with Crippen molar-refractivity contribution >= 4 is 11.8 Å². The van der Waals surface area contributed by atoms with Crippen molar-refractivity contribution in [2.24, 2.45) is 0 Å². The molecule has 0 radical (unpaired) electrons. The van der Waals surface area contributed by atoms with Crippen molar-refractivity contribution in [3.05, 3.63) is 107 Å². The van der Waals surface area contributed by atoms with Crippen LogP contribution in [0.15, 0.2) is 78.9 Å². The van der Waals surface area contributed by atoms with Crippen LogP contribution in [0.3, 0.4) is 0 Å². The Morgan fingerprint density at radius 1 is 0.912 bits per heavy atom. The second-order valence-electron chi connectivity index (χ2n) is 8.84. The molecule has 5 heteroatoms. The Balaban J connectivity index is 1.96. The summed E-state index contributed by atoms with van der Waals surface area (Å²) in [5.41, 5.74) is 3.74. The number of benzene rings is 3. The van der Waals surface area contributed by atoms with E-state index in [2.05, 4.69) is 5.32 Å². The normalized spacial score (nSPS) is 12.6. The zero-order chi connectivity index (χ0) is 24.5. The lowest BCUT2D eigenvalue weighted by Gasteiger charge is -2.32. The fourth-order valence-corrected chi connectivity index (χ4v) is 3.88. The average Bonchev–Trinajstić information content (AvgIpc) is 2.83. The molecule has 0 aliphatic rings. The molecule has 0 aliphatic carbocycles. The standard InChI is InChI=1S/C29H33FN2O2/c1-4-22(3)31-29(34)27(18-23-10-6-5-7-11-23)32(20-25-12-8-9-21(2)17-25)28(33)19-24-13-15-26(30)16-14-24/h5-17,22,27H,4,18-20H2,1-3H3,(H,31,34)/t22-,27+/m1/s1. The summed E-state index contributed by atoms with van der Waals surface area (Å²) in [7, 11) is 0. The van der Waals surface area contributed by atoms with Crippen LogP contribution in [0.4, 0.5) is 4.39 Å². The lowest BCUT2D eigenvalue weighted by molar-refractivity contribution is -0.141. The third-order valence-electron chi connectivity index (χ3n) is 5.98. The van der Waals surface area contributed by atoms with Crippen LogP contribution < -0.4 is 5.32 Å². The maximum Gasteiger partial charge on any atom is 0.243 e. The van der Waals surface area contributed by atoms with Crippen LogP contribution in [0.1, 0.15) is 42.5 Å². The molecule has 0 bridgehead atoms. The van der Waals surface area contributed by atoms with Crippen LogP contribution in [0.5, 0.6) is 0 Å². The van der Waals surface area contributed by atoms with Gasteiger partial charge in [-0.05, 0) is 49.1 Å². The van der Waals surface area contributed by atoms with Gasteiger partial charge in [-0.25, -0.2) is 4.39 Å². The van der Waals surface area contributed by atoms with Crippen molar-refractivity contribution in [2.75, 3.05) is 0 Å². The number of rotatable bonds is 10. The lowest BCUT2D eigenvalue weighted by Crippen LogP contribution is -2.52. The van der Waals surface area contributed by atoms with E-state index >= 15 is 0 Å². The summed E-state index contributed by atoms with van der Waals surface area (Å²) in [5, 5.41) is 3.07. The van der Waals surface area contributed by atoms with E-state index in [1.54, 1.807) is 17.0 Å². The van der Waals surface area contributed by atoms with Crippen molar-refractivity contribution in [1.29, 1.82) is 0 Å². The van der Waals surface area contributed by atoms with E-state index in [4.69, 9.17) is 0 Å². The number of carbonyl (C=O) groups excluding carboxylic acids is 2. The zero-order valence-electron chi connectivity index (χ0n) is 20.1. The Bertz CT molecular complexity index is 1080. The summed E-state index contributed by atoms with van der Waals surface area (Å²) in [4.78, 5) is 28.8. The van der Waals surface area contributed by atoms with E-state index in [-0.39, 0.29) is 30.1 Å². The van der Waals surface area contributed by atoms with Gasteiger partial charge in [-0.3, -0.25) is 9.59 Å². The second kappa shape index (κ2) is 12.1. The summed E-state index contributed by atoms with van der Waals surface area (Å²) in [6.07, 6.45) is 1.29. The first-order chi connectivity index (χ1) is 16.4. The Hall–Kier alpha value is -3.47. The summed E-state index contributed by atoms with van der Waals surface area (Å²) in [6.45, 7) is 6.29. The molecule has 3 aromatic rings. The van der Waals surface area contributed by atoms with Gasteiger partial charge in [-0.15, -0.1) is 0 Å². The lowest BCUT2D eigenvalue weighted by atomic mass is 10.0. The third kappa shape index (κ3) is 7.27. The molecule has 0 fully saturated rings. The highest BCUT2D eigenvalue weighted by Crippen LogP contribution is 2.18. The van der Waals surface area contributed by atoms with Crippen molar-refractivity contribution in [1.82, 2.24) is 10.2 Å². The van der Waals surface area contributed by atoms with E-state index in [9.17, 15) is 14.0 Å². The topological polar surface area (TPSA) is 49.4 Å². The molecule has 0 heterocycles. The Morgan fingerprint density at radius 2 is 1.59 bits per heavy atom. The van der Waals surface area contributed by atoms with Gasteiger partial charge in [0, 0.05) is 19.0 Å². The van der Waals surface area contributed by atoms with E-state index in [0.29, 0.717) is 18.5 Å². The molecule has 0 spiro atoms. The summed E-state index contributed by atoms with van der Waals surface area (Å²) < 4.78 is 13.4. The summed E-state index contributed by atoms with van der Waals surface area (Å²) in [5.74, 6) is -0.686. The fourth-order valence-electron chi connectivity index (χ4n) is 3.88. The van der Waals surface area contributed by atoms with Gasteiger partial charge in [0.25, 0.3) is 0 Å². The van der Waals surface area contributed by atoms with Crippen LogP contribution in [-0.2, 0) is 29.0 Å². The predicted octanol–water partition coefficient (Wildman–Crippen LogP) is 5.23. The first kappa shape index (κ1) is 25.2. The molecule has 2 atom stereocenters. The first-order valence-electron chi connectivity index (χ1n) is 11.8. The van der Waals surface area contributed by atoms with Gasteiger partial charge < -0.3 is 10.2 Å². The molecule has 178 valence electrons. The smallest absolute Gasteiger partial charge is 0.243 e.